The van der Waals surface area contributed by atoms with Gasteiger partial charge in [-0.1, -0.05) is 41.0 Å². The highest BCUT2D eigenvalue weighted by atomic mass is 35.5. The number of benzene rings is 2. The van der Waals surface area contributed by atoms with Crippen molar-refractivity contribution in [3.8, 4) is 5.75 Å². The Hall–Kier alpha value is -2.82. The van der Waals surface area contributed by atoms with Crippen molar-refractivity contribution in [1.29, 1.82) is 0 Å². The third-order valence-corrected chi connectivity index (χ3v) is 5.93. The molecular weight excluding hydrogens is 477 g/mol. The molecule has 0 saturated heterocycles. The second-order valence-corrected chi connectivity index (χ2v) is 8.38. The monoisotopic (exact) mass is 495 g/mol. The molecule has 1 aromatic heterocycles. The zero-order valence-electron chi connectivity index (χ0n) is 17.2. The van der Waals surface area contributed by atoms with Crippen LogP contribution in [0.15, 0.2) is 41.6 Å². The molecule has 0 aliphatic rings. The average molecular weight is 496 g/mol. The van der Waals surface area contributed by atoms with Crippen LogP contribution in [0.3, 0.4) is 0 Å². The normalized spacial score (nSPS) is 10.8. The topological polar surface area (TPSA) is 112 Å². The lowest BCUT2D eigenvalue weighted by Crippen LogP contribution is -2.15. The van der Waals surface area contributed by atoms with Crippen LogP contribution in [0.2, 0.25) is 10.0 Å². The fraction of sp³-hybridized carbons (Fsp3) is 0.250. The number of ether oxygens (including phenoxy) is 1. The number of nitrogens with one attached hydrogen (secondary N) is 1. The van der Waals surface area contributed by atoms with E-state index in [1.807, 2.05) is 30.5 Å². The zero-order valence-corrected chi connectivity index (χ0v) is 19.5. The number of non-ortho nitro benzene ring substituents is 1. The van der Waals surface area contributed by atoms with E-state index in [4.69, 9.17) is 27.9 Å². The first-order valence-corrected chi connectivity index (χ1v) is 11.2. The van der Waals surface area contributed by atoms with Gasteiger partial charge >= 0.3 is 0 Å². The lowest BCUT2D eigenvalue weighted by molar-refractivity contribution is -0.384. The first kappa shape index (κ1) is 23.8. The van der Waals surface area contributed by atoms with Crippen LogP contribution in [0.4, 0.5) is 11.4 Å². The predicted molar refractivity (Wildman–Crippen MR) is 124 cm³/mol. The number of thioether (sulfide) groups is 1. The molecule has 1 N–H and O–H groups in total. The molecule has 0 unspecified atom stereocenters. The molecule has 0 aliphatic carbocycles. The van der Waals surface area contributed by atoms with Crippen molar-refractivity contribution in [1.82, 2.24) is 14.8 Å². The average Bonchev–Trinajstić information content (AvgIpc) is 3.16. The molecular formula is C20H19Cl2N5O4S. The molecule has 0 radical (unpaired) electrons. The minimum absolute atomic E-state index is 0.0156. The molecule has 0 aliphatic heterocycles. The number of anilines is 1. The van der Waals surface area contributed by atoms with Crippen molar-refractivity contribution < 1.29 is 14.5 Å². The minimum atomic E-state index is -0.558. The number of nitro groups is 1. The molecule has 0 saturated carbocycles. The van der Waals surface area contributed by atoms with Crippen molar-refractivity contribution in [3.63, 3.8) is 0 Å². The number of carbonyl (C=O) groups excluding carboxylic acids is 1. The molecule has 0 atom stereocenters. The number of aryl methyl sites for hydroxylation is 1. The Morgan fingerprint density at radius 3 is 2.69 bits per heavy atom. The molecule has 0 spiro atoms. The van der Waals surface area contributed by atoms with Gasteiger partial charge in [0.2, 0.25) is 5.91 Å². The van der Waals surface area contributed by atoms with Crippen LogP contribution in [-0.2, 0) is 17.9 Å². The van der Waals surface area contributed by atoms with E-state index in [1.54, 1.807) is 6.07 Å². The van der Waals surface area contributed by atoms with Crippen molar-refractivity contribution >= 4 is 52.2 Å². The Morgan fingerprint density at radius 2 is 1.97 bits per heavy atom. The van der Waals surface area contributed by atoms with E-state index in [0.717, 1.165) is 5.56 Å². The van der Waals surface area contributed by atoms with Crippen LogP contribution in [-0.4, -0.2) is 31.3 Å². The van der Waals surface area contributed by atoms with Gasteiger partial charge in [-0.05, 0) is 37.6 Å². The van der Waals surface area contributed by atoms with Gasteiger partial charge in [0.15, 0.2) is 11.0 Å². The van der Waals surface area contributed by atoms with Crippen molar-refractivity contribution in [2.24, 2.45) is 0 Å². The lowest BCUT2D eigenvalue weighted by Gasteiger charge is -2.10. The number of hydrogen-bond acceptors (Lipinski definition) is 7. The van der Waals surface area contributed by atoms with Gasteiger partial charge in [-0.3, -0.25) is 14.9 Å². The molecule has 1 heterocycles. The number of amides is 1. The summed E-state index contributed by atoms with van der Waals surface area (Å²) >= 11 is 13.4. The summed E-state index contributed by atoms with van der Waals surface area (Å²) in [6.07, 6.45) is 0. The molecule has 3 rings (SSSR count). The van der Waals surface area contributed by atoms with Crippen LogP contribution < -0.4 is 10.1 Å². The smallest absolute Gasteiger partial charge is 0.271 e. The van der Waals surface area contributed by atoms with Gasteiger partial charge in [0.25, 0.3) is 5.69 Å². The fourth-order valence-electron chi connectivity index (χ4n) is 2.75. The third-order valence-electron chi connectivity index (χ3n) is 4.32. The number of nitrogens with zero attached hydrogens (tertiary/aromatic N) is 4. The summed E-state index contributed by atoms with van der Waals surface area (Å²) in [6.45, 7) is 4.62. The van der Waals surface area contributed by atoms with E-state index in [1.165, 1.54) is 30.0 Å². The summed E-state index contributed by atoms with van der Waals surface area (Å²) < 4.78 is 7.63. The second-order valence-electron chi connectivity index (χ2n) is 6.62. The number of nitro benzene ring substituents is 1. The third kappa shape index (κ3) is 5.90. The number of rotatable bonds is 9. The highest BCUT2D eigenvalue weighted by molar-refractivity contribution is 7.99. The minimum Gasteiger partial charge on any atom is -0.484 e. The van der Waals surface area contributed by atoms with E-state index in [-0.39, 0.29) is 34.7 Å². The molecule has 0 bridgehead atoms. The summed E-state index contributed by atoms with van der Waals surface area (Å²) in [4.78, 5) is 22.7. The van der Waals surface area contributed by atoms with Crippen LogP contribution in [0.1, 0.15) is 18.3 Å². The van der Waals surface area contributed by atoms with Gasteiger partial charge in [0, 0.05) is 18.7 Å². The molecule has 32 heavy (non-hydrogen) atoms. The van der Waals surface area contributed by atoms with E-state index >= 15 is 0 Å². The summed E-state index contributed by atoms with van der Waals surface area (Å²) in [7, 11) is 0. The maximum Gasteiger partial charge on any atom is 0.271 e. The van der Waals surface area contributed by atoms with E-state index in [0.29, 0.717) is 28.3 Å². The Morgan fingerprint density at radius 1 is 1.22 bits per heavy atom. The molecule has 9 nitrogen and oxygen atoms in total. The molecule has 12 heteroatoms. The predicted octanol–water partition coefficient (Wildman–Crippen LogP) is 5.13. The summed E-state index contributed by atoms with van der Waals surface area (Å²) in [5, 5.41) is 23.1. The Balaban J connectivity index is 1.63. The van der Waals surface area contributed by atoms with Crippen molar-refractivity contribution in [2.45, 2.75) is 32.2 Å². The van der Waals surface area contributed by atoms with Gasteiger partial charge in [0.05, 0.1) is 26.4 Å². The Bertz CT molecular complexity index is 1160. The number of hydrogen-bond donors (Lipinski definition) is 1. The Labute approximate surface area is 198 Å². The number of aromatic nitrogens is 3. The van der Waals surface area contributed by atoms with Gasteiger partial charge in [-0.25, -0.2) is 0 Å². The zero-order chi connectivity index (χ0) is 23.3. The van der Waals surface area contributed by atoms with Crippen LogP contribution >= 0.6 is 35.0 Å². The summed E-state index contributed by atoms with van der Waals surface area (Å²) in [6, 6.07) is 9.35. The van der Waals surface area contributed by atoms with Gasteiger partial charge < -0.3 is 14.6 Å². The van der Waals surface area contributed by atoms with Crippen molar-refractivity contribution in [2.75, 3.05) is 11.1 Å². The molecule has 0 fully saturated rings. The van der Waals surface area contributed by atoms with Crippen molar-refractivity contribution in [3.05, 3.63) is 67.9 Å². The van der Waals surface area contributed by atoms with Gasteiger partial charge in [-0.15, -0.1) is 10.2 Å². The van der Waals surface area contributed by atoms with E-state index in [2.05, 4.69) is 15.5 Å². The van der Waals surface area contributed by atoms with E-state index in [9.17, 15) is 14.9 Å². The number of carbonyl (C=O) groups is 1. The maximum atomic E-state index is 12.3. The quantitative estimate of drug-likeness (QED) is 0.248. The molecule has 3 aromatic rings. The maximum absolute atomic E-state index is 12.3. The van der Waals surface area contributed by atoms with E-state index < -0.39 is 4.92 Å². The van der Waals surface area contributed by atoms with Gasteiger partial charge in [0.1, 0.15) is 12.4 Å². The SMILES string of the molecule is CCn1c(COc2cc(C)ccc2Cl)nnc1SCC(=O)Nc1cc([N+](=O)[O-])ccc1Cl. The highest BCUT2D eigenvalue weighted by Crippen LogP contribution is 2.28. The van der Waals surface area contributed by atoms with Crippen LogP contribution in [0, 0.1) is 17.0 Å². The fourth-order valence-corrected chi connectivity index (χ4v) is 3.91. The lowest BCUT2D eigenvalue weighted by atomic mass is 10.2. The number of halogens is 2. The Kier molecular flexibility index (Phi) is 7.94. The summed E-state index contributed by atoms with van der Waals surface area (Å²) in [5.41, 5.74) is 1.03. The van der Waals surface area contributed by atoms with Crippen LogP contribution in [0.5, 0.6) is 5.75 Å². The molecule has 1 amide bonds. The van der Waals surface area contributed by atoms with Gasteiger partial charge in [-0.2, -0.15) is 0 Å². The molecule has 2 aromatic carbocycles. The first-order chi connectivity index (χ1) is 15.3. The van der Waals surface area contributed by atoms with Crippen LogP contribution in [0.25, 0.3) is 0 Å². The largest absolute Gasteiger partial charge is 0.484 e. The summed E-state index contributed by atoms with van der Waals surface area (Å²) in [5.74, 6) is 0.781. The second kappa shape index (κ2) is 10.7. The standard InChI is InChI=1S/C20H19Cl2N5O4S/c1-3-26-18(10-31-17-8-12(2)4-6-15(17)22)24-25-20(26)32-11-19(28)23-16-9-13(27(29)30)5-7-14(16)21/h4-9H,3,10-11H2,1-2H3,(H,23,28). The first-order valence-electron chi connectivity index (χ1n) is 9.46. The highest BCUT2D eigenvalue weighted by Gasteiger charge is 2.16. The molecule has 168 valence electrons.